The Kier molecular flexibility index (Phi) is 7.15. The molecule has 4 rings (SSSR count). The molecule has 3 aromatic carbocycles. The molecule has 2 amide bonds. The number of benzene rings is 3. The number of carboxylic acid groups (broad SMARTS) is 1. The maximum Gasteiger partial charge on any atom is 0.407 e. The fraction of sp³-hybridized carbons (Fsp3) is 0.250. The van der Waals surface area contributed by atoms with Crippen LogP contribution in [-0.4, -0.2) is 35.7 Å². The monoisotopic (exact) mass is 472 g/mol. The molecule has 3 N–H and O–H groups in total. The summed E-state index contributed by atoms with van der Waals surface area (Å²) in [6, 6.07) is 20.7. The Balaban J connectivity index is 1.36. The van der Waals surface area contributed by atoms with E-state index < -0.39 is 18.1 Å². The number of hydrogen-bond acceptors (Lipinski definition) is 4. The lowest BCUT2D eigenvalue weighted by molar-refractivity contribution is -0.116. The quantitative estimate of drug-likeness (QED) is 0.411. The number of anilines is 1. The van der Waals surface area contributed by atoms with Crippen molar-refractivity contribution in [2.75, 3.05) is 11.9 Å². The van der Waals surface area contributed by atoms with E-state index in [0.29, 0.717) is 12.0 Å². The lowest BCUT2D eigenvalue weighted by Crippen LogP contribution is -2.38. The molecule has 1 atom stereocenters. The van der Waals surface area contributed by atoms with Gasteiger partial charge < -0.3 is 20.5 Å². The van der Waals surface area contributed by atoms with Crippen LogP contribution in [0.1, 0.15) is 52.7 Å². The Bertz CT molecular complexity index is 1220. The van der Waals surface area contributed by atoms with E-state index >= 15 is 0 Å². The third kappa shape index (κ3) is 5.19. The first-order valence-electron chi connectivity index (χ1n) is 11.6. The second-order valence-corrected chi connectivity index (χ2v) is 8.63. The minimum Gasteiger partial charge on any atom is -0.478 e. The summed E-state index contributed by atoms with van der Waals surface area (Å²) in [4.78, 5) is 36.7. The van der Waals surface area contributed by atoms with Gasteiger partial charge in [0.25, 0.3) is 0 Å². The summed E-state index contributed by atoms with van der Waals surface area (Å²) in [6.45, 7) is 3.72. The van der Waals surface area contributed by atoms with Crippen molar-refractivity contribution >= 4 is 23.7 Å². The van der Waals surface area contributed by atoms with Gasteiger partial charge in [0.05, 0.1) is 11.3 Å². The second kappa shape index (κ2) is 10.4. The number of amides is 2. The third-order valence-corrected chi connectivity index (χ3v) is 6.35. The fourth-order valence-electron chi connectivity index (χ4n) is 4.59. The van der Waals surface area contributed by atoms with Crippen LogP contribution < -0.4 is 10.6 Å². The minimum absolute atomic E-state index is 0.00625. The van der Waals surface area contributed by atoms with Gasteiger partial charge in [0.1, 0.15) is 6.61 Å². The van der Waals surface area contributed by atoms with Crippen molar-refractivity contribution in [1.29, 1.82) is 0 Å². The van der Waals surface area contributed by atoms with E-state index in [2.05, 4.69) is 34.9 Å². The van der Waals surface area contributed by atoms with E-state index in [4.69, 9.17) is 4.74 Å². The number of carbonyl (C=O) groups excluding carboxylic acids is 2. The third-order valence-electron chi connectivity index (χ3n) is 6.35. The molecule has 0 aliphatic heterocycles. The fourth-order valence-corrected chi connectivity index (χ4v) is 4.59. The number of aromatic carboxylic acids is 1. The highest BCUT2D eigenvalue weighted by Gasteiger charge is 2.29. The molecule has 1 aliphatic carbocycles. The van der Waals surface area contributed by atoms with Gasteiger partial charge in [-0.15, -0.1) is 0 Å². The van der Waals surface area contributed by atoms with Crippen LogP contribution in [0.3, 0.4) is 0 Å². The summed E-state index contributed by atoms with van der Waals surface area (Å²) in [5.41, 5.74) is 5.39. The number of carbonyl (C=O) groups is 3. The van der Waals surface area contributed by atoms with Crippen LogP contribution in [-0.2, 0) is 9.53 Å². The SMILES string of the molecule is CCC(CC(=O)Nc1cccc(C)c1C(=O)O)NC(=O)OCC1c2ccccc2-c2ccccc21. The van der Waals surface area contributed by atoms with Gasteiger partial charge in [-0.05, 0) is 47.2 Å². The van der Waals surface area contributed by atoms with Gasteiger partial charge >= 0.3 is 12.1 Å². The molecule has 1 aliphatic rings. The van der Waals surface area contributed by atoms with Crippen LogP contribution in [0.25, 0.3) is 11.1 Å². The molecule has 7 heteroatoms. The highest BCUT2D eigenvalue weighted by atomic mass is 16.5. The van der Waals surface area contributed by atoms with Gasteiger partial charge in [0.2, 0.25) is 5.91 Å². The van der Waals surface area contributed by atoms with E-state index in [1.54, 1.807) is 25.1 Å². The molecule has 180 valence electrons. The molecule has 0 bridgehead atoms. The predicted molar refractivity (Wildman–Crippen MR) is 134 cm³/mol. The summed E-state index contributed by atoms with van der Waals surface area (Å²) in [5.74, 6) is -1.54. The zero-order valence-electron chi connectivity index (χ0n) is 19.7. The standard InChI is InChI=1S/C28H28N2O5/c1-3-18(15-25(31)30-24-14-8-9-17(2)26(24)27(32)33)29-28(34)35-16-23-21-12-6-4-10-19(21)20-11-5-7-13-22(20)23/h4-14,18,23H,3,15-16H2,1-2H3,(H,29,34)(H,30,31)(H,32,33). The van der Waals surface area contributed by atoms with Gasteiger partial charge in [-0.1, -0.05) is 67.6 Å². The van der Waals surface area contributed by atoms with E-state index in [-0.39, 0.29) is 36.1 Å². The minimum atomic E-state index is -1.11. The van der Waals surface area contributed by atoms with Crippen LogP contribution in [0.4, 0.5) is 10.5 Å². The largest absolute Gasteiger partial charge is 0.478 e. The van der Waals surface area contributed by atoms with Crippen LogP contribution in [0, 0.1) is 6.92 Å². The number of fused-ring (bicyclic) bond motifs is 3. The number of aryl methyl sites for hydroxylation is 1. The molecule has 0 saturated carbocycles. The molecule has 0 fully saturated rings. The number of ether oxygens (including phenoxy) is 1. The molecule has 35 heavy (non-hydrogen) atoms. The van der Waals surface area contributed by atoms with Crippen molar-refractivity contribution in [3.05, 3.63) is 89.0 Å². The average molecular weight is 473 g/mol. The molecular weight excluding hydrogens is 444 g/mol. The molecule has 3 aromatic rings. The Morgan fingerprint density at radius 1 is 0.943 bits per heavy atom. The Hall–Kier alpha value is -4.13. The summed E-state index contributed by atoms with van der Waals surface area (Å²) >= 11 is 0. The van der Waals surface area contributed by atoms with Crippen molar-refractivity contribution in [2.45, 2.75) is 38.6 Å². The smallest absolute Gasteiger partial charge is 0.407 e. The van der Waals surface area contributed by atoms with Crippen LogP contribution in [0.2, 0.25) is 0 Å². The summed E-state index contributed by atoms with van der Waals surface area (Å²) in [7, 11) is 0. The van der Waals surface area contributed by atoms with Gasteiger partial charge in [-0.2, -0.15) is 0 Å². The lowest BCUT2D eigenvalue weighted by Gasteiger charge is -2.19. The van der Waals surface area contributed by atoms with Crippen molar-refractivity contribution < 1.29 is 24.2 Å². The number of hydrogen-bond donors (Lipinski definition) is 3. The van der Waals surface area contributed by atoms with Crippen LogP contribution in [0.5, 0.6) is 0 Å². The highest BCUT2D eigenvalue weighted by molar-refractivity contribution is 6.01. The van der Waals surface area contributed by atoms with E-state index in [1.807, 2.05) is 31.2 Å². The summed E-state index contributed by atoms with van der Waals surface area (Å²) in [6.07, 6.45) is -0.0847. The molecule has 7 nitrogen and oxygen atoms in total. The number of rotatable bonds is 8. The number of nitrogens with one attached hydrogen (secondary N) is 2. The molecule has 0 spiro atoms. The Morgan fingerprint density at radius 3 is 2.17 bits per heavy atom. The number of alkyl carbamates (subject to hydrolysis) is 1. The lowest BCUT2D eigenvalue weighted by atomic mass is 9.98. The maximum absolute atomic E-state index is 12.6. The molecule has 0 aromatic heterocycles. The number of carboxylic acids is 1. The average Bonchev–Trinajstić information content (AvgIpc) is 3.16. The first-order chi connectivity index (χ1) is 16.9. The zero-order chi connectivity index (χ0) is 24.9. The molecule has 0 saturated heterocycles. The van der Waals surface area contributed by atoms with Crippen molar-refractivity contribution in [3.8, 4) is 11.1 Å². The second-order valence-electron chi connectivity index (χ2n) is 8.63. The van der Waals surface area contributed by atoms with Crippen molar-refractivity contribution in [1.82, 2.24) is 5.32 Å². The maximum atomic E-state index is 12.6. The van der Waals surface area contributed by atoms with Crippen molar-refractivity contribution in [3.63, 3.8) is 0 Å². The topological polar surface area (TPSA) is 105 Å². The first-order valence-corrected chi connectivity index (χ1v) is 11.6. The Morgan fingerprint density at radius 2 is 1.57 bits per heavy atom. The van der Waals surface area contributed by atoms with Crippen molar-refractivity contribution in [2.24, 2.45) is 0 Å². The van der Waals surface area contributed by atoms with E-state index in [1.165, 1.54) is 0 Å². The van der Waals surface area contributed by atoms with Gasteiger partial charge in [0, 0.05) is 18.4 Å². The highest BCUT2D eigenvalue weighted by Crippen LogP contribution is 2.44. The molecule has 1 unspecified atom stereocenters. The van der Waals surface area contributed by atoms with Gasteiger partial charge in [-0.25, -0.2) is 9.59 Å². The summed E-state index contributed by atoms with van der Waals surface area (Å²) < 4.78 is 5.58. The van der Waals surface area contributed by atoms with Gasteiger partial charge in [-0.3, -0.25) is 4.79 Å². The van der Waals surface area contributed by atoms with E-state index in [9.17, 15) is 19.5 Å². The molecular formula is C28H28N2O5. The molecule has 0 heterocycles. The van der Waals surface area contributed by atoms with Crippen LogP contribution >= 0.6 is 0 Å². The zero-order valence-corrected chi connectivity index (χ0v) is 19.7. The normalized spacial score (nSPS) is 12.9. The molecule has 0 radical (unpaired) electrons. The van der Waals surface area contributed by atoms with Crippen LogP contribution in [0.15, 0.2) is 66.7 Å². The first kappa shape index (κ1) is 24.0. The Labute approximate surface area is 204 Å². The van der Waals surface area contributed by atoms with E-state index in [0.717, 1.165) is 22.3 Å². The summed E-state index contributed by atoms with van der Waals surface area (Å²) in [5, 5.41) is 14.9. The van der Waals surface area contributed by atoms with Gasteiger partial charge in [0.15, 0.2) is 0 Å². The predicted octanol–water partition coefficient (Wildman–Crippen LogP) is 5.34.